The Morgan fingerprint density at radius 3 is 2.58 bits per heavy atom. The molecular formula is C16H28N2O. The van der Waals surface area contributed by atoms with E-state index in [4.69, 9.17) is 5.73 Å². The maximum Gasteiger partial charge on any atom is 0.225 e. The van der Waals surface area contributed by atoms with E-state index in [0.717, 1.165) is 44.3 Å². The van der Waals surface area contributed by atoms with E-state index in [0.29, 0.717) is 17.7 Å². The summed E-state index contributed by atoms with van der Waals surface area (Å²) < 4.78 is 0. The third-order valence-corrected chi connectivity index (χ3v) is 5.82. The minimum absolute atomic E-state index is 0.330. The van der Waals surface area contributed by atoms with E-state index in [1.165, 1.54) is 38.5 Å². The highest BCUT2D eigenvalue weighted by molar-refractivity contribution is 5.79. The largest absolute Gasteiger partial charge is 0.342 e. The van der Waals surface area contributed by atoms with Crippen LogP contribution in [0.2, 0.25) is 0 Å². The topological polar surface area (TPSA) is 46.3 Å². The first-order valence-corrected chi connectivity index (χ1v) is 8.26. The molecule has 0 aromatic rings. The molecule has 1 saturated heterocycles. The number of likely N-dealkylation sites (tertiary alicyclic amines) is 1. The first-order chi connectivity index (χ1) is 9.28. The van der Waals surface area contributed by atoms with Gasteiger partial charge in [-0.05, 0) is 50.0 Å². The van der Waals surface area contributed by atoms with Gasteiger partial charge in [0.15, 0.2) is 0 Å². The zero-order valence-corrected chi connectivity index (χ0v) is 12.0. The van der Waals surface area contributed by atoms with Crippen molar-refractivity contribution in [3.8, 4) is 0 Å². The average Bonchev–Trinajstić information content (AvgIpc) is 2.95. The predicted molar refractivity (Wildman–Crippen MR) is 76.5 cm³/mol. The number of carbonyl (C=O) groups is 1. The van der Waals surface area contributed by atoms with Gasteiger partial charge in [-0.3, -0.25) is 4.79 Å². The fourth-order valence-corrected chi connectivity index (χ4v) is 4.58. The Kier molecular flexibility index (Phi) is 4.11. The first kappa shape index (κ1) is 13.4. The van der Waals surface area contributed by atoms with Crippen molar-refractivity contribution >= 4 is 5.91 Å². The first-order valence-electron chi connectivity index (χ1n) is 8.26. The summed E-state index contributed by atoms with van der Waals surface area (Å²) in [5.74, 6) is 3.11. The van der Waals surface area contributed by atoms with Gasteiger partial charge in [0.25, 0.3) is 0 Å². The molecule has 3 aliphatic rings. The average molecular weight is 264 g/mol. The molecule has 0 radical (unpaired) electrons. The van der Waals surface area contributed by atoms with Crippen molar-refractivity contribution in [2.75, 3.05) is 19.6 Å². The maximum absolute atomic E-state index is 12.6. The highest BCUT2D eigenvalue weighted by Crippen LogP contribution is 2.43. The van der Waals surface area contributed by atoms with Crippen molar-refractivity contribution in [3.63, 3.8) is 0 Å². The van der Waals surface area contributed by atoms with E-state index >= 15 is 0 Å². The molecule has 3 heteroatoms. The van der Waals surface area contributed by atoms with Crippen LogP contribution in [0.5, 0.6) is 0 Å². The lowest BCUT2D eigenvalue weighted by molar-refractivity contribution is -0.137. The van der Waals surface area contributed by atoms with Crippen molar-refractivity contribution in [1.29, 1.82) is 0 Å². The Hall–Kier alpha value is -0.570. The van der Waals surface area contributed by atoms with Crippen LogP contribution in [0.1, 0.15) is 51.4 Å². The van der Waals surface area contributed by atoms with Crippen LogP contribution in [0, 0.1) is 23.7 Å². The van der Waals surface area contributed by atoms with Gasteiger partial charge in [0.05, 0.1) is 0 Å². The van der Waals surface area contributed by atoms with Gasteiger partial charge < -0.3 is 10.6 Å². The fraction of sp³-hybridized carbons (Fsp3) is 0.938. The summed E-state index contributed by atoms with van der Waals surface area (Å²) in [5, 5.41) is 0. The van der Waals surface area contributed by atoms with Gasteiger partial charge in [0.1, 0.15) is 0 Å². The van der Waals surface area contributed by atoms with Crippen LogP contribution in [0.3, 0.4) is 0 Å². The van der Waals surface area contributed by atoms with Crippen LogP contribution < -0.4 is 5.73 Å². The predicted octanol–water partition coefficient (Wildman–Crippen LogP) is 2.40. The molecule has 3 rings (SSSR count). The number of rotatable bonds is 2. The minimum atomic E-state index is 0.330. The molecule has 0 aromatic heterocycles. The van der Waals surface area contributed by atoms with Gasteiger partial charge in [-0.1, -0.05) is 25.7 Å². The summed E-state index contributed by atoms with van der Waals surface area (Å²) >= 11 is 0. The van der Waals surface area contributed by atoms with E-state index in [2.05, 4.69) is 4.90 Å². The molecule has 3 fully saturated rings. The van der Waals surface area contributed by atoms with E-state index in [1.54, 1.807) is 0 Å². The molecule has 0 spiro atoms. The zero-order chi connectivity index (χ0) is 13.2. The molecule has 4 unspecified atom stereocenters. The molecule has 2 N–H and O–H groups in total. The fourth-order valence-electron chi connectivity index (χ4n) is 4.58. The Morgan fingerprint density at radius 1 is 1.05 bits per heavy atom. The number of hydrogen-bond acceptors (Lipinski definition) is 2. The van der Waals surface area contributed by atoms with E-state index in [1.807, 2.05) is 0 Å². The number of nitrogens with zero attached hydrogens (tertiary/aromatic N) is 1. The van der Waals surface area contributed by atoms with E-state index in [-0.39, 0.29) is 0 Å². The standard InChI is InChI=1S/C16H28N2O/c17-10-12-7-8-18(11-12)16(19)15-6-5-13-3-1-2-4-14(13)9-15/h12-15H,1-11,17H2. The molecule has 2 aliphatic carbocycles. The second-order valence-electron chi connectivity index (χ2n) is 6.99. The van der Waals surface area contributed by atoms with Crippen LogP contribution in [0.15, 0.2) is 0 Å². The van der Waals surface area contributed by atoms with Crippen LogP contribution in [0.4, 0.5) is 0 Å². The van der Waals surface area contributed by atoms with Crippen LogP contribution in [0.25, 0.3) is 0 Å². The van der Waals surface area contributed by atoms with Gasteiger partial charge in [-0.2, -0.15) is 0 Å². The van der Waals surface area contributed by atoms with Gasteiger partial charge >= 0.3 is 0 Å². The van der Waals surface area contributed by atoms with Crippen molar-refractivity contribution in [2.24, 2.45) is 29.4 Å². The lowest BCUT2D eigenvalue weighted by Crippen LogP contribution is -2.39. The second-order valence-corrected chi connectivity index (χ2v) is 6.99. The molecule has 1 heterocycles. The molecule has 3 nitrogen and oxygen atoms in total. The normalized spacial score (nSPS) is 39.1. The summed E-state index contributed by atoms with van der Waals surface area (Å²) in [6.07, 6.45) is 10.3. The molecule has 4 atom stereocenters. The molecule has 1 aliphatic heterocycles. The number of nitrogens with two attached hydrogens (primary N) is 1. The van der Waals surface area contributed by atoms with Crippen LogP contribution >= 0.6 is 0 Å². The van der Waals surface area contributed by atoms with Crippen LogP contribution in [-0.4, -0.2) is 30.4 Å². The summed E-state index contributed by atoms with van der Waals surface area (Å²) in [6.45, 7) is 2.60. The zero-order valence-electron chi connectivity index (χ0n) is 12.0. The molecular weight excluding hydrogens is 236 g/mol. The third-order valence-electron chi connectivity index (χ3n) is 5.82. The molecule has 2 saturated carbocycles. The number of hydrogen-bond donors (Lipinski definition) is 1. The van der Waals surface area contributed by atoms with Crippen molar-refractivity contribution in [3.05, 3.63) is 0 Å². The summed E-state index contributed by atoms with van der Waals surface area (Å²) in [6, 6.07) is 0. The second kappa shape index (κ2) is 5.82. The lowest BCUT2D eigenvalue weighted by Gasteiger charge is -2.39. The summed E-state index contributed by atoms with van der Waals surface area (Å²) in [4.78, 5) is 14.7. The molecule has 19 heavy (non-hydrogen) atoms. The molecule has 108 valence electrons. The van der Waals surface area contributed by atoms with Gasteiger partial charge in [-0.15, -0.1) is 0 Å². The monoisotopic (exact) mass is 264 g/mol. The van der Waals surface area contributed by atoms with Gasteiger partial charge in [0.2, 0.25) is 5.91 Å². The Morgan fingerprint density at radius 2 is 1.84 bits per heavy atom. The number of fused-ring (bicyclic) bond motifs is 1. The SMILES string of the molecule is NCC1CCN(C(=O)C2CCC3CCCCC3C2)C1. The smallest absolute Gasteiger partial charge is 0.225 e. The van der Waals surface area contributed by atoms with Crippen molar-refractivity contribution in [1.82, 2.24) is 4.90 Å². The molecule has 0 bridgehead atoms. The van der Waals surface area contributed by atoms with Gasteiger partial charge in [0, 0.05) is 19.0 Å². The molecule has 0 aromatic carbocycles. The third kappa shape index (κ3) is 2.81. The van der Waals surface area contributed by atoms with E-state index in [9.17, 15) is 4.79 Å². The molecule has 1 amide bonds. The number of carbonyl (C=O) groups excluding carboxylic acids is 1. The quantitative estimate of drug-likeness (QED) is 0.832. The van der Waals surface area contributed by atoms with Gasteiger partial charge in [-0.25, -0.2) is 0 Å². The van der Waals surface area contributed by atoms with Crippen molar-refractivity contribution < 1.29 is 4.79 Å². The highest BCUT2D eigenvalue weighted by Gasteiger charge is 2.37. The van der Waals surface area contributed by atoms with Crippen LogP contribution in [-0.2, 0) is 4.79 Å². The Bertz CT molecular complexity index is 331. The minimum Gasteiger partial charge on any atom is -0.342 e. The Balaban J connectivity index is 1.56. The van der Waals surface area contributed by atoms with Crippen molar-refractivity contribution in [2.45, 2.75) is 51.4 Å². The lowest BCUT2D eigenvalue weighted by atomic mass is 9.67. The summed E-state index contributed by atoms with van der Waals surface area (Å²) in [7, 11) is 0. The highest BCUT2D eigenvalue weighted by atomic mass is 16.2. The summed E-state index contributed by atoms with van der Waals surface area (Å²) in [5.41, 5.74) is 5.72. The Labute approximate surface area is 116 Å². The maximum atomic E-state index is 12.6. The number of amides is 1. The van der Waals surface area contributed by atoms with E-state index < -0.39 is 0 Å².